The summed E-state index contributed by atoms with van der Waals surface area (Å²) >= 11 is 1.92. The van der Waals surface area contributed by atoms with Crippen molar-refractivity contribution in [1.29, 1.82) is 0 Å². The van der Waals surface area contributed by atoms with Gasteiger partial charge in [-0.25, -0.2) is 0 Å². The standard InChI is InChI=1S/C17H15NS/c1-9-11(3)19-17-10(2)16-12-6-4-5-7-14(12)18-15(16)8-13(9)17/h4-8,18H,1-3H3. The molecule has 0 saturated carbocycles. The molecule has 0 aliphatic rings. The van der Waals surface area contributed by atoms with Gasteiger partial charge in [0.25, 0.3) is 0 Å². The van der Waals surface area contributed by atoms with E-state index in [4.69, 9.17) is 0 Å². The molecule has 4 aromatic rings. The third-order valence-corrected chi connectivity index (χ3v) is 5.51. The van der Waals surface area contributed by atoms with Crippen molar-refractivity contribution in [2.75, 3.05) is 0 Å². The molecule has 0 radical (unpaired) electrons. The SMILES string of the molecule is Cc1sc2c(C)c3c(cc2c1C)[nH]c1ccccc13. The summed E-state index contributed by atoms with van der Waals surface area (Å²) < 4.78 is 1.44. The van der Waals surface area contributed by atoms with Crippen LogP contribution in [0.2, 0.25) is 0 Å². The lowest BCUT2D eigenvalue weighted by Crippen LogP contribution is -1.78. The van der Waals surface area contributed by atoms with Crippen molar-refractivity contribution in [2.45, 2.75) is 20.8 Å². The smallest absolute Gasteiger partial charge is 0.0474 e. The Kier molecular flexibility index (Phi) is 2.10. The second kappa shape index (κ2) is 3.61. The quantitative estimate of drug-likeness (QED) is 0.434. The lowest BCUT2D eigenvalue weighted by molar-refractivity contribution is 1.47. The predicted molar refractivity (Wildman–Crippen MR) is 85.4 cm³/mol. The van der Waals surface area contributed by atoms with E-state index in [2.05, 4.69) is 56.1 Å². The van der Waals surface area contributed by atoms with Crippen LogP contribution >= 0.6 is 11.3 Å². The number of aromatic amines is 1. The molecule has 4 rings (SSSR count). The van der Waals surface area contributed by atoms with Crippen LogP contribution in [0.1, 0.15) is 16.0 Å². The number of hydrogen-bond donors (Lipinski definition) is 1. The van der Waals surface area contributed by atoms with Crippen molar-refractivity contribution in [1.82, 2.24) is 4.98 Å². The Bertz CT molecular complexity index is 940. The molecule has 2 heterocycles. The van der Waals surface area contributed by atoms with Gasteiger partial charge in [0.1, 0.15) is 0 Å². The second-order valence-electron chi connectivity index (χ2n) is 5.25. The van der Waals surface area contributed by atoms with Gasteiger partial charge >= 0.3 is 0 Å². The molecule has 94 valence electrons. The number of aromatic nitrogens is 1. The second-order valence-corrected chi connectivity index (χ2v) is 6.48. The molecule has 2 aromatic carbocycles. The van der Waals surface area contributed by atoms with Gasteiger partial charge < -0.3 is 4.98 Å². The number of nitrogens with one attached hydrogen (secondary N) is 1. The Hall–Kier alpha value is -1.80. The van der Waals surface area contributed by atoms with Crippen LogP contribution < -0.4 is 0 Å². The van der Waals surface area contributed by atoms with Gasteiger partial charge in [-0.05, 0) is 49.4 Å². The zero-order chi connectivity index (χ0) is 13.1. The molecule has 1 N–H and O–H groups in total. The number of H-pyrrole nitrogens is 1. The molecule has 2 aromatic heterocycles. The predicted octanol–water partition coefficient (Wildman–Crippen LogP) is 5.46. The van der Waals surface area contributed by atoms with Crippen LogP contribution in [0.4, 0.5) is 0 Å². The van der Waals surface area contributed by atoms with Crippen LogP contribution in [-0.4, -0.2) is 4.98 Å². The number of hydrogen-bond acceptors (Lipinski definition) is 1. The monoisotopic (exact) mass is 265 g/mol. The highest BCUT2D eigenvalue weighted by molar-refractivity contribution is 7.19. The summed E-state index contributed by atoms with van der Waals surface area (Å²) in [5.74, 6) is 0. The average Bonchev–Trinajstić information content (AvgIpc) is 2.91. The molecule has 0 spiro atoms. The average molecular weight is 265 g/mol. The summed E-state index contributed by atoms with van der Waals surface area (Å²) in [7, 11) is 0. The van der Waals surface area contributed by atoms with E-state index in [0.29, 0.717) is 0 Å². The summed E-state index contributed by atoms with van der Waals surface area (Å²) in [6.45, 7) is 6.69. The number of rotatable bonds is 0. The molecule has 0 saturated heterocycles. The molecule has 0 aliphatic heterocycles. The van der Waals surface area contributed by atoms with E-state index in [-0.39, 0.29) is 0 Å². The topological polar surface area (TPSA) is 15.8 Å². The Morgan fingerprint density at radius 1 is 0.895 bits per heavy atom. The fourth-order valence-corrected chi connectivity index (χ4v) is 4.18. The van der Waals surface area contributed by atoms with E-state index < -0.39 is 0 Å². The molecular weight excluding hydrogens is 250 g/mol. The van der Waals surface area contributed by atoms with Crippen molar-refractivity contribution in [3.63, 3.8) is 0 Å². The maximum atomic E-state index is 3.55. The van der Waals surface area contributed by atoms with E-state index in [1.165, 1.54) is 47.9 Å². The molecule has 2 heteroatoms. The summed E-state index contributed by atoms with van der Waals surface area (Å²) in [5, 5.41) is 4.11. The number of aryl methyl sites for hydroxylation is 3. The summed E-state index contributed by atoms with van der Waals surface area (Å²) in [6, 6.07) is 10.9. The minimum atomic E-state index is 1.23. The maximum absolute atomic E-state index is 3.55. The van der Waals surface area contributed by atoms with Crippen molar-refractivity contribution < 1.29 is 0 Å². The molecule has 0 bridgehead atoms. The fraction of sp³-hybridized carbons (Fsp3) is 0.176. The molecular formula is C17H15NS. The minimum absolute atomic E-state index is 1.23. The Balaban J connectivity index is 2.32. The number of benzene rings is 2. The van der Waals surface area contributed by atoms with E-state index in [1.807, 2.05) is 11.3 Å². The van der Waals surface area contributed by atoms with Gasteiger partial charge in [0.2, 0.25) is 0 Å². The lowest BCUT2D eigenvalue weighted by atomic mass is 10.0. The van der Waals surface area contributed by atoms with Gasteiger partial charge in [-0.15, -0.1) is 11.3 Å². The number of thiophene rings is 1. The van der Waals surface area contributed by atoms with E-state index in [9.17, 15) is 0 Å². The van der Waals surface area contributed by atoms with Crippen LogP contribution in [-0.2, 0) is 0 Å². The molecule has 19 heavy (non-hydrogen) atoms. The highest BCUT2D eigenvalue weighted by Crippen LogP contribution is 2.39. The van der Waals surface area contributed by atoms with Gasteiger partial charge in [0, 0.05) is 31.4 Å². The number of para-hydroxylation sites is 1. The highest BCUT2D eigenvalue weighted by Gasteiger charge is 2.13. The minimum Gasteiger partial charge on any atom is -0.354 e. The largest absolute Gasteiger partial charge is 0.354 e. The summed E-state index contributed by atoms with van der Waals surface area (Å²) in [4.78, 5) is 4.98. The van der Waals surface area contributed by atoms with Gasteiger partial charge in [-0.3, -0.25) is 0 Å². The molecule has 0 fully saturated rings. The van der Waals surface area contributed by atoms with Crippen molar-refractivity contribution in [2.24, 2.45) is 0 Å². The zero-order valence-electron chi connectivity index (χ0n) is 11.3. The summed E-state index contributed by atoms with van der Waals surface area (Å²) in [6.07, 6.45) is 0. The van der Waals surface area contributed by atoms with Crippen LogP contribution in [0.25, 0.3) is 31.9 Å². The molecule has 0 amide bonds. The Morgan fingerprint density at radius 3 is 2.53 bits per heavy atom. The normalized spacial score (nSPS) is 11.9. The first-order valence-corrected chi connectivity index (χ1v) is 7.38. The first kappa shape index (κ1) is 11.1. The van der Waals surface area contributed by atoms with Crippen LogP contribution in [0.3, 0.4) is 0 Å². The number of fused-ring (bicyclic) bond motifs is 4. The highest BCUT2D eigenvalue weighted by atomic mass is 32.1. The van der Waals surface area contributed by atoms with E-state index in [1.54, 1.807) is 0 Å². The van der Waals surface area contributed by atoms with Gasteiger partial charge in [0.15, 0.2) is 0 Å². The maximum Gasteiger partial charge on any atom is 0.0474 e. The van der Waals surface area contributed by atoms with Crippen LogP contribution in [0.15, 0.2) is 30.3 Å². The third kappa shape index (κ3) is 1.35. The van der Waals surface area contributed by atoms with Gasteiger partial charge in [-0.2, -0.15) is 0 Å². The Labute approximate surface area is 115 Å². The first-order chi connectivity index (χ1) is 9.16. The van der Waals surface area contributed by atoms with E-state index in [0.717, 1.165) is 0 Å². The molecule has 0 unspecified atom stereocenters. The molecule has 1 nitrogen and oxygen atoms in total. The van der Waals surface area contributed by atoms with Crippen LogP contribution in [0, 0.1) is 20.8 Å². The van der Waals surface area contributed by atoms with Gasteiger partial charge in [0.05, 0.1) is 0 Å². The zero-order valence-corrected chi connectivity index (χ0v) is 12.1. The molecule has 0 atom stereocenters. The lowest BCUT2D eigenvalue weighted by Gasteiger charge is -2.00. The van der Waals surface area contributed by atoms with Crippen LogP contribution in [0.5, 0.6) is 0 Å². The third-order valence-electron chi connectivity index (χ3n) is 4.17. The fourth-order valence-electron chi connectivity index (χ4n) is 3.03. The van der Waals surface area contributed by atoms with Crippen molar-refractivity contribution in [3.8, 4) is 0 Å². The van der Waals surface area contributed by atoms with Crippen molar-refractivity contribution in [3.05, 3.63) is 46.3 Å². The first-order valence-electron chi connectivity index (χ1n) is 6.56. The van der Waals surface area contributed by atoms with Gasteiger partial charge in [-0.1, -0.05) is 18.2 Å². The van der Waals surface area contributed by atoms with Crippen molar-refractivity contribution >= 4 is 43.2 Å². The van der Waals surface area contributed by atoms with E-state index >= 15 is 0 Å². The Morgan fingerprint density at radius 2 is 1.68 bits per heavy atom. The molecule has 0 aliphatic carbocycles. The summed E-state index contributed by atoms with van der Waals surface area (Å²) in [5.41, 5.74) is 5.31.